The molecule has 24 heavy (non-hydrogen) atoms. The SMILES string of the molecule is CSc1ccc(C=NNC(=O)CNC(=O)c2ccccc2Br)cc1. The van der Waals surface area contributed by atoms with E-state index < -0.39 is 5.91 Å². The normalized spacial score (nSPS) is 10.6. The first-order chi connectivity index (χ1) is 11.6. The van der Waals surface area contributed by atoms with Crippen LogP contribution in [0.3, 0.4) is 0 Å². The van der Waals surface area contributed by atoms with Gasteiger partial charge in [0.05, 0.1) is 18.3 Å². The lowest BCUT2D eigenvalue weighted by atomic mass is 10.2. The Morgan fingerprint density at radius 3 is 2.54 bits per heavy atom. The summed E-state index contributed by atoms with van der Waals surface area (Å²) in [6.45, 7) is -0.150. The van der Waals surface area contributed by atoms with E-state index in [9.17, 15) is 9.59 Å². The molecule has 2 aromatic rings. The average molecular weight is 406 g/mol. The molecule has 0 radical (unpaired) electrons. The molecule has 0 unspecified atom stereocenters. The Balaban J connectivity index is 1.79. The lowest BCUT2D eigenvalue weighted by molar-refractivity contribution is -0.120. The molecule has 124 valence electrons. The molecule has 0 aromatic heterocycles. The summed E-state index contributed by atoms with van der Waals surface area (Å²) in [6, 6.07) is 14.8. The Morgan fingerprint density at radius 1 is 1.17 bits per heavy atom. The molecule has 0 spiro atoms. The number of nitrogens with one attached hydrogen (secondary N) is 2. The van der Waals surface area contributed by atoms with Crippen LogP contribution in [-0.4, -0.2) is 30.8 Å². The van der Waals surface area contributed by atoms with Gasteiger partial charge >= 0.3 is 0 Å². The molecule has 0 heterocycles. The minimum Gasteiger partial charge on any atom is -0.343 e. The van der Waals surface area contributed by atoms with Crippen molar-refractivity contribution in [2.24, 2.45) is 5.10 Å². The van der Waals surface area contributed by atoms with Crippen LogP contribution in [0.2, 0.25) is 0 Å². The lowest BCUT2D eigenvalue weighted by Crippen LogP contribution is -2.35. The zero-order valence-electron chi connectivity index (χ0n) is 13.0. The molecule has 2 amide bonds. The molecule has 0 fully saturated rings. The van der Waals surface area contributed by atoms with E-state index in [-0.39, 0.29) is 12.5 Å². The van der Waals surface area contributed by atoms with Gasteiger partial charge in [-0.1, -0.05) is 24.3 Å². The van der Waals surface area contributed by atoms with Gasteiger partial charge in [0, 0.05) is 9.37 Å². The van der Waals surface area contributed by atoms with Gasteiger partial charge in [-0.15, -0.1) is 11.8 Å². The Bertz CT molecular complexity index is 748. The number of carbonyl (C=O) groups excluding carboxylic acids is 2. The number of benzene rings is 2. The minimum absolute atomic E-state index is 0.150. The van der Waals surface area contributed by atoms with E-state index in [0.717, 1.165) is 10.5 Å². The van der Waals surface area contributed by atoms with Crippen molar-refractivity contribution < 1.29 is 9.59 Å². The second kappa shape index (κ2) is 9.24. The summed E-state index contributed by atoms with van der Waals surface area (Å²) in [6.07, 6.45) is 3.56. The predicted octanol–water partition coefficient (Wildman–Crippen LogP) is 3.05. The van der Waals surface area contributed by atoms with Crippen LogP contribution >= 0.6 is 27.7 Å². The number of nitrogens with zero attached hydrogens (tertiary/aromatic N) is 1. The molecule has 0 aliphatic carbocycles. The minimum atomic E-state index is -0.396. The molecule has 2 aromatic carbocycles. The highest BCUT2D eigenvalue weighted by atomic mass is 79.9. The summed E-state index contributed by atoms with van der Waals surface area (Å²) in [5, 5.41) is 6.42. The molecule has 2 N–H and O–H groups in total. The second-order valence-electron chi connectivity index (χ2n) is 4.73. The van der Waals surface area contributed by atoms with Crippen LogP contribution in [0.25, 0.3) is 0 Å². The van der Waals surface area contributed by atoms with E-state index in [1.165, 1.54) is 0 Å². The van der Waals surface area contributed by atoms with Gasteiger partial charge < -0.3 is 5.32 Å². The molecular weight excluding hydrogens is 390 g/mol. The fourth-order valence-electron chi connectivity index (χ4n) is 1.81. The van der Waals surface area contributed by atoms with E-state index in [1.807, 2.05) is 36.6 Å². The number of amides is 2. The highest BCUT2D eigenvalue weighted by Gasteiger charge is 2.10. The topological polar surface area (TPSA) is 70.6 Å². The number of hydrazone groups is 1. The zero-order valence-corrected chi connectivity index (χ0v) is 15.4. The summed E-state index contributed by atoms with van der Waals surface area (Å²) in [5.74, 6) is -0.721. The van der Waals surface area contributed by atoms with Crippen LogP contribution in [0.5, 0.6) is 0 Å². The Kier molecular flexibility index (Phi) is 7.02. The molecular formula is C17H16BrN3O2S. The first kappa shape index (κ1) is 18.2. The summed E-state index contributed by atoms with van der Waals surface area (Å²) in [7, 11) is 0. The molecule has 0 saturated heterocycles. The molecule has 5 nitrogen and oxygen atoms in total. The monoisotopic (exact) mass is 405 g/mol. The van der Waals surface area contributed by atoms with Crippen molar-refractivity contribution >= 4 is 45.7 Å². The summed E-state index contributed by atoms with van der Waals surface area (Å²) < 4.78 is 0.676. The van der Waals surface area contributed by atoms with Crippen molar-refractivity contribution in [1.29, 1.82) is 0 Å². The van der Waals surface area contributed by atoms with Crippen molar-refractivity contribution in [2.75, 3.05) is 12.8 Å². The third kappa shape index (κ3) is 5.50. The molecule has 2 rings (SSSR count). The van der Waals surface area contributed by atoms with Crippen LogP contribution in [0.1, 0.15) is 15.9 Å². The third-order valence-electron chi connectivity index (χ3n) is 3.05. The first-order valence-electron chi connectivity index (χ1n) is 7.09. The van der Waals surface area contributed by atoms with Gasteiger partial charge in [-0.05, 0) is 52.0 Å². The highest BCUT2D eigenvalue weighted by molar-refractivity contribution is 9.10. The van der Waals surface area contributed by atoms with Crippen molar-refractivity contribution in [2.45, 2.75) is 4.90 Å². The van der Waals surface area contributed by atoms with E-state index in [1.54, 1.807) is 36.2 Å². The maximum absolute atomic E-state index is 12.0. The standard InChI is InChI=1S/C17H16BrN3O2S/c1-24-13-8-6-12(7-9-13)10-20-21-16(22)11-19-17(23)14-4-2-3-5-15(14)18/h2-10H,11H2,1H3,(H,19,23)(H,21,22). The lowest BCUT2D eigenvalue weighted by Gasteiger charge is -2.05. The number of hydrogen-bond acceptors (Lipinski definition) is 4. The van der Waals surface area contributed by atoms with Gasteiger partial charge in [0.2, 0.25) is 0 Å². The highest BCUT2D eigenvalue weighted by Crippen LogP contribution is 2.15. The van der Waals surface area contributed by atoms with Gasteiger partial charge in [-0.2, -0.15) is 5.10 Å². The van der Waals surface area contributed by atoms with Crippen LogP contribution in [0, 0.1) is 0 Å². The molecule has 0 atom stereocenters. The van der Waals surface area contributed by atoms with Crippen LogP contribution < -0.4 is 10.7 Å². The smallest absolute Gasteiger partial charge is 0.259 e. The van der Waals surface area contributed by atoms with Crippen LogP contribution in [0.15, 0.2) is 63.0 Å². The van der Waals surface area contributed by atoms with Gasteiger partial charge in [0.15, 0.2) is 0 Å². The van der Waals surface area contributed by atoms with Crippen LogP contribution in [-0.2, 0) is 4.79 Å². The van der Waals surface area contributed by atoms with Crippen molar-refractivity contribution in [1.82, 2.24) is 10.7 Å². The van der Waals surface area contributed by atoms with Gasteiger partial charge in [-0.3, -0.25) is 9.59 Å². The second-order valence-corrected chi connectivity index (χ2v) is 6.46. The molecule has 0 saturated carbocycles. The van der Waals surface area contributed by atoms with Crippen molar-refractivity contribution in [3.63, 3.8) is 0 Å². The maximum Gasteiger partial charge on any atom is 0.259 e. The van der Waals surface area contributed by atoms with E-state index >= 15 is 0 Å². The van der Waals surface area contributed by atoms with Gasteiger partial charge in [0.1, 0.15) is 0 Å². The fraction of sp³-hybridized carbons (Fsp3) is 0.118. The third-order valence-corrected chi connectivity index (χ3v) is 4.48. The molecule has 0 aliphatic heterocycles. The number of hydrogen-bond donors (Lipinski definition) is 2. The summed E-state index contributed by atoms with van der Waals surface area (Å²) in [4.78, 5) is 24.8. The molecule has 0 aliphatic rings. The van der Waals surface area contributed by atoms with Crippen LogP contribution in [0.4, 0.5) is 0 Å². The first-order valence-corrected chi connectivity index (χ1v) is 9.10. The predicted molar refractivity (Wildman–Crippen MR) is 100 cm³/mol. The summed E-state index contributed by atoms with van der Waals surface area (Å²) >= 11 is 4.95. The summed E-state index contributed by atoms with van der Waals surface area (Å²) in [5.41, 5.74) is 3.73. The number of thioether (sulfide) groups is 1. The molecule has 7 heteroatoms. The van der Waals surface area contributed by atoms with Crippen molar-refractivity contribution in [3.05, 3.63) is 64.1 Å². The number of rotatable bonds is 6. The van der Waals surface area contributed by atoms with Crippen molar-refractivity contribution in [3.8, 4) is 0 Å². The quantitative estimate of drug-likeness (QED) is 0.440. The number of carbonyl (C=O) groups is 2. The zero-order chi connectivity index (χ0) is 17.4. The van der Waals surface area contributed by atoms with E-state index in [0.29, 0.717) is 10.0 Å². The molecule has 0 bridgehead atoms. The maximum atomic E-state index is 12.0. The Labute approximate surface area is 153 Å². The fourth-order valence-corrected chi connectivity index (χ4v) is 2.68. The van der Waals surface area contributed by atoms with E-state index in [4.69, 9.17) is 0 Å². The Hall–Kier alpha value is -2.12. The average Bonchev–Trinajstić information content (AvgIpc) is 2.60. The van der Waals surface area contributed by atoms with Gasteiger partial charge in [-0.25, -0.2) is 5.43 Å². The number of halogens is 1. The largest absolute Gasteiger partial charge is 0.343 e. The Morgan fingerprint density at radius 2 is 1.88 bits per heavy atom. The van der Waals surface area contributed by atoms with Gasteiger partial charge in [0.25, 0.3) is 11.8 Å². The van der Waals surface area contributed by atoms with E-state index in [2.05, 4.69) is 31.8 Å².